The van der Waals surface area contributed by atoms with E-state index in [-0.39, 0.29) is 0 Å². The van der Waals surface area contributed by atoms with Crippen LogP contribution in [0.1, 0.15) is 0 Å². The van der Waals surface area contributed by atoms with E-state index in [1.165, 1.54) is 0 Å². The van der Waals surface area contributed by atoms with Crippen LogP contribution in [-0.4, -0.2) is 227 Å². The lowest BCUT2D eigenvalue weighted by molar-refractivity contribution is 0.0180. The molecular formula is C60H74N8O16. The second-order valence-electron chi connectivity index (χ2n) is 18.7. The van der Waals surface area contributed by atoms with E-state index in [1.54, 1.807) is 28.4 Å². The Morgan fingerprint density at radius 2 is 0.500 bits per heavy atom. The van der Waals surface area contributed by atoms with Crippen molar-refractivity contribution >= 4 is 44.1 Å². The molecule has 7 aromatic rings. The molecule has 0 unspecified atom stereocenters. The van der Waals surface area contributed by atoms with Crippen molar-refractivity contribution in [3.8, 4) is 68.5 Å². The Kier molecular flexibility index (Phi) is 24.5. The number of benzene rings is 4. The van der Waals surface area contributed by atoms with Crippen LogP contribution in [0, 0.1) is 0 Å². The third-order valence-corrected chi connectivity index (χ3v) is 12.9. The lowest BCUT2D eigenvalue weighted by Crippen LogP contribution is -2.12. The molecule has 0 saturated heterocycles. The summed E-state index contributed by atoms with van der Waals surface area (Å²) in [5.41, 5.74) is 4.81. The number of nitrogens with one attached hydrogen (secondary N) is 2. The number of methoxy groups -OCH3 is 4. The van der Waals surface area contributed by atoms with Gasteiger partial charge in [-0.1, -0.05) is 0 Å². The Balaban J connectivity index is 1.10. The first-order chi connectivity index (χ1) is 41.5. The van der Waals surface area contributed by atoms with Crippen molar-refractivity contribution < 1.29 is 75.8 Å². The highest BCUT2D eigenvalue weighted by Gasteiger charge is 2.24. The third kappa shape index (κ3) is 17.5. The quantitative estimate of drug-likeness (QED) is 0.0363. The van der Waals surface area contributed by atoms with Crippen molar-refractivity contribution in [2.45, 2.75) is 0 Å². The fraction of sp³-hybridized carbons (Fsp3) is 0.467. The van der Waals surface area contributed by atoms with Gasteiger partial charge in [0, 0.05) is 72.2 Å². The van der Waals surface area contributed by atoms with Gasteiger partial charge in [-0.05, 0) is 72.8 Å². The molecule has 5 heterocycles. The predicted molar refractivity (Wildman–Crippen MR) is 312 cm³/mol. The second kappa shape index (κ2) is 33.4. The van der Waals surface area contributed by atoms with Gasteiger partial charge < -0.3 is 85.8 Å². The summed E-state index contributed by atoms with van der Waals surface area (Å²) in [6, 6.07) is 23.0. The number of hydrogen-bond donors (Lipinski definition) is 2. The zero-order chi connectivity index (χ0) is 58.0. The van der Waals surface area contributed by atoms with Crippen LogP contribution < -0.4 is 18.9 Å². The summed E-state index contributed by atoms with van der Waals surface area (Å²) < 4.78 is 90.4. The molecule has 0 fully saturated rings. The maximum Gasteiger partial charge on any atom is 0.164 e. The summed E-state index contributed by atoms with van der Waals surface area (Å²) in [7, 11) is 6.55. The van der Waals surface area contributed by atoms with Gasteiger partial charge in [-0.15, -0.1) is 0 Å². The van der Waals surface area contributed by atoms with Crippen LogP contribution in [0.5, 0.6) is 23.0 Å². The van der Waals surface area contributed by atoms with Crippen LogP contribution >= 0.6 is 0 Å². The van der Waals surface area contributed by atoms with Gasteiger partial charge in [-0.3, -0.25) is 0 Å². The average Bonchev–Trinajstić information content (AvgIpc) is 3.89. The van der Waals surface area contributed by atoms with E-state index in [9.17, 15) is 0 Å². The SMILES string of the molecule is COCCOCCOCCOc1ccc2c(c1)-c1nc-2nc2[nH]c(nc3nc(nc4[nH]c(n1)c1cc(OCCOCCOCCOC)ccc41)-c1ccc(OCCOCCOCCOC)cc1-3)c1cc(OCCOCCOCCOC)ccc21. The zero-order valence-corrected chi connectivity index (χ0v) is 48.1. The molecule has 2 aliphatic rings. The Morgan fingerprint density at radius 1 is 0.250 bits per heavy atom. The van der Waals surface area contributed by atoms with Crippen LogP contribution in [0.4, 0.5) is 0 Å². The highest BCUT2D eigenvalue weighted by molar-refractivity contribution is 6.07. The van der Waals surface area contributed by atoms with Crippen LogP contribution in [0.3, 0.4) is 0 Å². The van der Waals surface area contributed by atoms with Gasteiger partial charge in [0.05, 0.1) is 132 Å². The number of aromatic amines is 2. The summed E-state index contributed by atoms with van der Waals surface area (Å²) in [5.74, 6) is 4.01. The maximum absolute atomic E-state index is 6.24. The normalized spacial score (nSPS) is 11.9. The molecule has 3 aromatic heterocycles. The molecule has 450 valence electrons. The fourth-order valence-corrected chi connectivity index (χ4v) is 8.80. The van der Waals surface area contributed by atoms with E-state index >= 15 is 0 Å². The number of aromatic nitrogens is 8. The standard InChI is InChI=1S/C60H74N8O16/c1-69-13-17-73-21-25-77-29-33-81-41-5-9-45-49(37-41)57-63-53(45)61-54-47-11-7-43(83-35-31-79-27-23-75-19-15-71-3)39-51(47)59(65-54)68-60-52-40-44(84-36-32-80-28-24-76-20-16-72-4)8-12-48(52)56(66-60)62-55-46-10-6-42(38-50(46)58(64-55)67-57)82-34-30-78-26-22-74-18-14-70-2/h5-12,37-40H,13-36H2,1-4H3,(H2,61,62,63,64,65,66,67,68). The van der Waals surface area contributed by atoms with Crippen molar-refractivity contribution in [1.29, 1.82) is 0 Å². The summed E-state index contributed by atoms with van der Waals surface area (Å²) >= 11 is 0. The van der Waals surface area contributed by atoms with E-state index in [1.807, 2.05) is 72.8 Å². The minimum Gasteiger partial charge on any atom is -0.491 e. The first kappa shape index (κ1) is 61.5. The van der Waals surface area contributed by atoms with E-state index in [0.717, 1.165) is 32.7 Å². The van der Waals surface area contributed by atoms with Gasteiger partial charge in [0.25, 0.3) is 0 Å². The van der Waals surface area contributed by atoms with Gasteiger partial charge in [0.1, 0.15) is 72.0 Å². The van der Waals surface area contributed by atoms with Gasteiger partial charge in [0.15, 0.2) is 23.3 Å². The molecule has 2 aliphatic heterocycles. The van der Waals surface area contributed by atoms with Gasteiger partial charge >= 0.3 is 0 Å². The van der Waals surface area contributed by atoms with E-state index in [4.69, 9.17) is 106 Å². The average molecular weight is 1160 g/mol. The minimum absolute atomic E-state index is 0.301. The Bertz CT molecular complexity index is 3130. The van der Waals surface area contributed by atoms with Crippen LogP contribution in [0.2, 0.25) is 0 Å². The van der Waals surface area contributed by atoms with Crippen molar-refractivity contribution in [2.24, 2.45) is 0 Å². The molecule has 4 aromatic carbocycles. The molecule has 0 amide bonds. The molecule has 9 rings (SSSR count). The Morgan fingerprint density at radius 3 is 0.810 bits per heavy atom. The monoisotopic (exact) mass is 1160 g/mol. The summed E-state index contributed by atoms with van der Waals surface area (Å²) in [4.78, 5) is 38.3. The molecule has 0 spiro atoms. The Hall–Kier alpha value is -7.04. The number of nitrogens with zero attached hydrogens (tertiary/aromatic N) is 6. The molecule has 0 atom stereocenters. The molecule has 8 bridgehead atoms. The van der Waals surface area contributed by atoms with Crippen LogP contribution in [0.25, 0.3) is 89.7 Å². The smallest absolute Gasteiger partial charge is 0.164 e. The number of ether oxygens (including phenoxy) is 16. The minimum atomic E-state index is 0.301. The second-order valence-corrected chi connectivity index (χ2v) is 18.7. The van der Waals surface area contributed by atoms with Gasteiger partial charge in [-0.25, -0.2) is 29.9 Å². The molecule has 24 nitrogen and oxygen atoms in total. The lowest BCUT2D eigenvalue weighted by atomic mass is 10.1. The fourth-order valence-electron chi connectivity index (χ4n) is 8.80. The molecule has 0 radical (unpaired) electrons. The van der Waals surface area contributed by atoms with Crippen molar-refractivity contribution in [1.82, 2.24) is 39.9 Å². The topological polar surface area (TPSA) is 257 Å². The third-order valence-electron chi connectivity index (χ3n) is 12.9. The number of fused-ring (bicyclic) bond motifs is 20. The van der Waals surface area contributed by atoms with Crippen LogP contribution in [0.15, 0.2) is 72.8 Å². The first-order valence-corrected chi connectivity index (χ1v) is 28.0. The Labute approximate surface area is 486 Å². The molecule has 84 heavy (non-hydrogen) atoms. The predicted octanol–water partition coefficient (Wildman–Crippen LogP) is 7.10. The molecule has 0 saturated carbocycles. The zero-order valence-electron chi connectivity index (χ0n) is 48.1. The molecule has 0 aliphatic carbocycles. The van der Waals surface area contributed by atoms with Gasteiger partial charge in [-0.2, -0.15) is 0 Å². The maximum atomic E-state index is 6.24. The van der Waals surface area contributed by atoms with Gasteiger partial charge in [0.2, 0.25) is 0 Å². The van der Waals surface area contributed by atoms with Crippen LogP contribution in [-0.2, 0) is 56.8 Å². The number of H-pyrrole nitrogens is 2. The van der Waals surface area contributed by atoms with Crippen molar-refractivity contribution in [3.63, 3.8) is 0 Å². The lowest BCUT2D eigenvalue weighted by Gasteiger charge is -2.09. The van der Waals surface area contributed by atoms with E-state index < -0.39 is 0 Å². The molecule has 24 heteroatoms. The van der Waals surface area contributed by atoms with E-state index in [2.05, 4.69) is 9.97 Å². The summed E-state index contributed by atoms with van der Waals surface area (Å²) in [6.07, 6.45) is 0. The van der Waals surface area contributed by atoms with Crippen molar-refractivity contribution in [3.05, 3.63) is 72.8 Å². The highest BCUT2D eigenvalue weighted by atomic mass is 16.6. The largest absolute Gasteiger partial charge is 0.491 e. The summed E-state index contributed by atoms with van der Waals surface area (Å²) in [6.45, 7) is 10.2. The van der Waals surface area contributed by atoms with E-state index in [0.29, 0.717) is 239 Å². The molecular weight excluding hydrogens is 1090 g/mol. The highest BCUT2D eigenvalue weighted by Crippen LogP contribution is 2.40. The number of hydrogen-bond acceptors (Lipinski definition) is 22. The molecule has 2 N–H and O–H groups in total. The van der Waals surface area contributed by atoms with Crippen molar-refractivity contribution in [2.75, 3.05) is 187 Å². The first-order valence-electron chi connectivity index (χ1n) is 28.0. The number of rotatable bonds is 40. The summed E-state index contributed by atoms with van der Waals surface area (Å²) in [5, 5.41) is 2.97.